The second kappa shape index (κ2) is 17.3. The third kappa shape index (κ3) is 10.9. The molecule has 24 nitrogen and oxygen atoms in total. The number of hydrogen-bond donors (Lipinski definition) is 3. The molecule has 3 N–H and O–H groups in total. The fourth-order valence-corrected chi connectivity index (χ4v) is 2.87. The number of aromatic carboxylic acids is 3. The van der Waals surface area contributed by atoms with Crippen LogP contribution in [0.5, 0.6) is 0 Å². The van der Waals surface area contributed by atoms with E-state index < -0.39 is 81.6 Å². The summed E-state index contributed by atoms with van der Waals surface area (Å²) in [6.07, 6.45) is 0. The largest absolute Gasteiger partial charge is 0.478 e. The summed E-state index contributed by atoms with van der Waals surface area (Å²) < 4.78 is 0. The van der Waals surface area contributed by atoms with Crippen molar-refractivity contribution in [1.82, 2.24) is 0 Å². The molecule has 0 aliphatic rings. The smallest absolute Gasteiger partial charge is 0.346 e. The number of benzene rings is 3. The van der Waals surface area contributed by atoms with Gasteiger partial charge >= 0.3 is 52.0 Å². The predicted octanol–water partition coefficient (Wildman–Crippen LogP) is 3.60. The molecule has 0 saturated carbocycles. The Bertz CT molecular complexity index is 1570. The van der Waals surface area contributed by atoms with Gasteiger partial charge in [-0.2, -0.15) is 0 Å². The van der Waals surface area contributed by atoms with Gasteiger partial charge < -0.3 is 15.3 Å². The summed E-state index contributed by atoms with van der Waals surface area (Å²) in [5.41, 5.74) is -5.80. The maximum absolute atomic E-state index is 10.5. The molecule has 0 aliphatic heterocycles. The molecule has 0 saturated heterocycles. The number of nitro groups is 6. The quantitative estimate of drug-likeness (QED) is 0.205. The van der Waals surface area contributed by atoms with Crippen LogP contribution in [-0.2, 0) is 0 Å². The van der Waals surface area contributed by atoms with Crippen molar-refractivity contribution in [1.29, 1.82) is 0 Å². The minimum atomic E-state index is -1.38. The van der Waals surface area contributed by atoms with Crippen LogP contribution < -0.4 is 0 Å². The van der Waals surface area contributed by atoms with E-state index in [9.17, 15) is 75.1 Å². The molecule has 248 valence electrons. The van der Waals surface area contributed by atoms with Crippen molar-refractivity contribution in [2.24, 2.45) is 0 Å². The zero-order chi connectivity index (χ0) is 34.8. The van der Waals surface area contributed by atoms with Gasteiger partial charge in [-0.05, 0) is 18.2 Å². The van der Waals surface area contributed by atoms with Crippen molar-refractivity contribution in [3.05, 3.63) is 132 Å². The summed E-state index contributed by atoms with van der Waals surface area (Å²) in [6, 6.07) is 7.15. The van der Waals surface area contributed by atoms with Crippen LogP contribution in [-0.4, -0.2) is 62.8 Å². The molecule has 0 aromatic heterocycles. The number of carboxylic acid groups (broad SMARTS) is 3. The number of carbonyl (C=O) groups is 3. The Morgan fingerprint density at radius 1 is 0.391 bits per heavy atom. The van der Waals surface area contributed by atoms with E-state index in [0.29, 0.717) is 18.2 Å². The van der Waals surface area contributed by atoms with Gasteiger partial charge in [0.15, 0.2) is 0 Å². The van der Waals surface area contributed by atoms with Gasteiger partial charge in [-0.1, -0.05) is 0 Å². The molecule has 3 aromatic rings. The van der Waals surface area contributed by atoms with Gasteiger partial charge in [-0.25, -0.2) is 14.4 Å². The molecule has 0 unspecified atom stereocenters. The minimum Gasteiger partial charge on any atom is -0.478 e. The third-order valence-electron chi connectivity index (χ3n) is 4.85. The van der Waals surface area contributed by atoms with Crippen molar-refractivity contribution in [3.63, 3.8) is 0 Å². The topological polar surface area (TPSA) is 371 Å². The Morgan fingerprint density at radius 3 is 0.696 bits per heavy atom. The SMILES string of the molecule is O=C(O)c1ccc([N+](=O)[O-])c([N+](=O)[O-])c1.O=C(O)c1ccc([N+](=O)[O-])c([N+](=O)[O-])c1.O=C(O)c1ccc([N+](=O)[O-])c([N+](=O)[O-])c1.[Yb]. The summed E-state index contributed by atoms with van der Waals surface area (Å²) in [7, 11) is 0. The molecule has 0 spiro atoms. The second-order valence-corrected chi connectivity index (χ2v) is 7.57. The number of rotatable bonds is 9. The van der Waals surface area contributed by atoms with Crippen LogP contribution in [0.3, 0.4) is 0 Å². The standard InChI is InChI=1S/3C7H4N2O6.Yb/c3*10-7(11)4-1-2-5(8(12)13)6(3-4)9(14)15;/h3*1-3H,(H,10,11);. The van der Waals surface area contributed by atoms with Crippen molar-refractivity contribution >= 4 is 52.0 Å². The van der Waals surface area contributed by atoms with Crippen LogP contribution in [0.25, 0.3) is 0 Å². The summed E-state index contributed by atoms with van der Waals surface area (Å²) in [4.78, 5) is 87.9. The fraction of sp³-hybridized carbons (Fsp3) is 0. The van der Waals surface area contributed by atoms with Crippen molar-refractivity contribution in [2.75, 3.05) is 0 Å². The number of nitrogens with zero attached hydrogens (tertiary/aromatic N) is 6. The minimum absolute atomic E-state index is 0. The molecule has 0 aliphatic carbocycles. The van der Waals surface area contributed by atoms with E-state index in [1.165, 1.54) is 0 Å². The van der Waals surface area contributed by atoms with Crippen LogP contribution in [0.2, 0.25) is 0 Å². The van der Waals surface area contributed by atoms with E-state index in [1.807, 2.05) is 0 Å². The van der Waals surface area contributed by atoms with Crippen molar-refractivity contribution in [2.45, 2.75) is 0 Å². The van der Waals surface area contributed by atoms with Crippen LogP contribution in [0, 0.1) is 108 Å². The first-order valence-electron chi connectivity index (χ1n) is 10.8. The van der Waals surface area contributed by atoms with Crippen molar-refractivity contribution < 1.29 is 106 Å². The number of hydrogen-bond acceptors (Lipinski definition) is 15. The molecule has 0 radical (unpaired) electrons. The van der Waals surface area contributed by atoms with Crippen molar-refractivity contribution in [3.8, 4) is 0 Å². The number of carboxylic acids is 3. The Morgan fingerprint density at radius 2 is 0.565 bits per heavy atom. The molecular formula is C21H12N6O18Yb. The molecule has 3 rings (SSSR count). The monoisotopic (exact) mass is 810 g/mol. The van der Waals surface area contributed by atoms with Gasteiger partial charge in [-0.3, -0.25) is 60.7 Å². The second-order valence-electron chi connectivity index (χ2n) is 7.57. The Labute approximate surface area is 288 Å². The van der Waals surface area contributed by atoms with E-state index in [2.05, 4.69) is 0 Å². The van der Waals surface area contributed by atoms with Gasteiger partial charge in [0.05, 0.1) is 46.2 Å². The van der Waals surface area contributed by atoms with Gasteiger partial charge in [0.25, 0.3) is 0 Å². The molecule has 0 atom stereocenters. The van der Waals surface area contributed by atoms with Gasteiger partial charge in [0, 0.05) is 83.3 Å². The van der Waals surface area contributed by atoms with Gasteiger partial charge in [0.2, 0.25) is 0 Å². The zero-order valence-electron chi connectivity index (χ0n) is 21.6. The first kappa shape index (κ1) is 40.0. The molecule has 46 heavy (non-hydrogen) atoms. The predicted molar refractivity (Wildman–Crippen MR) is 140 cm³/mol. The van der Waals surface area contributed by atoms with Crippen LogP contribution in [0.4, 0.5) is 34.1 Å². The van der Waals surface area contributed by atoms with Crippen LogP contribution >= 0.6 is 0 Å². The molecule has 25 heteroatoms. The fourth-order valence-electron chi connectivity index (χ4n) is 2.87. The molecular weight excluding hydrogens is 797 g/mol. The van der Waals surface area contributed by atoms with Crippen LogP contribution in [0.1, 0.15) is 31.1 Å². The Kier molecular flexibility index (Phi) is 15.1. The normalized spacial score (nSPS) is 9.39. The first-order chi connectivity index (χ1) is 20.8. The maximum Gasteiger partial charge on any atom is 0.346 e. The van der Waals surface area contributed by atoms with Crippen LogP contribution in [0.15, 0.2) is 54.6 Å². The molecule has 0 bridgehead atoms. The summed E-state index contributed by atoms with van der Waals surface area (Å²) in [5, 5.41) is 87.9. The molecule has 3 aromatic carbocycles. The zero-order valence-corrected chi connectivity index (χ0v) is 23.3. The van der Waals surface area contributed by atoms with Gasteiger partial charge in [0.1, 0.15) is 0 Å². The maximum atomic E-state index is 10.5. The Balaban J connectivity index is 0.000000653. The third-order valence-corrected chi connectivity index (χ3v) is 4.85. The van der Waals surface area contributed by atoms with E-state index in [1.54, 1.807) is 0 Å². The number of nitro benzene ring substituents is 6. The molecule has 0 heterocycles. The molecule has 0 amide bonds. The van der Waals surface area contributed by atoms with E-state index in [0.717, 1.165) is 36.4 Å². The Hall–Kier alpha value is -6.01. The first-order valence-corrected chi connectivity index (χ1v) is 10.8. The van der Waals surface area contributed by atoms with E-state index >= 15 is 0 Å². The van der Waals surface area contributed by atoms with E-state index in [4.69, 9.17) is 15.3 Å². The van der Waals surface area contributed by atoms with Gasteiger partial charge in [-0.15, -0.1) is 0 Å². The summed E-state index contributed by atoms with van der Waals surface area (Å²) in [5.74, 6) is -4.14. The summed E-state index contributed by atoms with van der Waals surface area (Å²) in [6.45, 7) is 0. The van der Waals surface area contributed by atoms with E-state index in [-0.39, 0.29) is 63.6 Å². The average Bonchev–Trinajstić information content (AvgIpc) is 2.96. The average molecular weight is 809 g/mol. The summed E-state index contributed by atoms with van der Waals surface area (Å²) >= 11 is 0. The molecule has 0 fully saturated rings.